The van der Waals surface area contributed by atoms with Gasteiger partial charge in [0.25, 0.3) is 0 Å². The highest BCUT2D eigenvalue weighted by Crippen LogP contribution is 2.32. The van der Waals surface area contributed by atoms with Gasteiger partial charge in [-0.3, -0.25) is 9.69 Å². The molecule has 2 aromatic rings. The summed E-state index contributed by atoms with van der Waals surface area (Å²) in [6.07, 6.45) is 4.96. The number of hydrogen-bond donors (Lipinski definition) is 1. The molecule has 29 heavy (non-hydrogen) atoms. The molecule has 0 atom stereocenters. The molecule has 2 fully saturated rings. The van der Waals surface area contributed by atoms with Crippen molar-refractivity contribution in [3.05, 3.63) is 59.1 Å². The van der Waals surface area contributed by atoms with E-state index < -0.39 is 0 Å². The largest absolute Gasteiger partial charge is 0.324 e. The summed E-state index contributed by atoms with van der Waals surface area (Å²) in [5, 5.41) is 3.47. The maximum absolute atomic E-state index is 13.1. The number of anilines is 2. The van der Waals surface area contributed by atoms with Crippen LogP contribution < -0.4 is 10.2 Å². The van der Waals surface area contributed by atoms with E-state index in [1.807, 2.05) is 47.4 Å². The van der Waals surface area contributed by atoms with Gasteiger partial charge in [-0.1, -0.05) is 54.8 Å². The SMILES string of the molecule is O=C(Nc1cc(N2CCCN(Cc3ccccc3)C2=O)ccc1Cl)C1CCCC1. The molecule has 1 saturated carbocycles. The zero-order valence-corrected chi connectivity index (χ0v) is 17.2. The van der Waals surface area contributed by atoms with Crippen molar-refractivity contribution >= 4 is 34.9 Å². The fourth-order valence-electron chi connectivity index (χ4n) is 4.17. The molecule has 0 spiro atoms. The number of halogens is 1. The quantitative estimate of drug-likeness (QED) is 0.725. The average molecular weight is 412 g/mol. The number of nitrogens with zero attached hydrogens (tertiary/aromatic N) is 2. The highest BCUT2D eigenvalue weighted by molar-refractivity contribution is 6.33. The smallest absolute Gasteiger partial charge is 0.324 e. The van der Waals surface area contributed by atoms with Crippen LogP contribution in [0.25, 0.3) is 0 Å². The van der Waals surface area contributed by atoms with Crippen LogP contribution in [-0.4, -0.2) is 29.9 Å². The number of carbonyl (C=O) groups is 2. The summed E-state index contributed by atoms with van der Waals surface area (Å²) in [6.45, 7) is 1.99. The van der Waals surface area contributed by atoms with E-state index in [1.54, 1.807) is 11.0 Å². The van der Waals surface area contributed by atoms with E-state index in [4.69, 9.17) is 11.6 Å². The fourth-order valence-corrected chi connectivity index (χ4v) is 4.34. The third kappa shape index (κ3) is 4.56. The summed E-state index contributed by atoms with van der Waals surface area (Å²) in [4.78, 5) is 29.2. The lowest BCUT2D eigenvalue weighted by atomic mass is 10.1. The number of carbonyl (C=O) groups excluding carboxylic acids is 2. The molecule has 2 aliphatic rings. The van der Waals surface area contributed by atoms with Gasteiger partial charge in [0, 0.05) is 31.2 Å². The minimum absolute atomic E-state index is 0.0181. The first kappa shape index (κ1) is 19.8. The van der Waals surface area contributed by atoms with Crippen LogP contribution in [0, 0.1) is 5.92 Å². The second-order valence-corrected chi connectivity index (χ2v) is 8.24. The normalized spacial score (nSPS) is 17.6. The van der Waals surface area contributed by atoms with Crippen molar-refractivity contribution in [2.45, 2.75) is 38.6 Å². The molecule has 5 nitrogen and oxygen atoms in total. The lowest BCUT2D eigenvalue weighted by molar-refractivity contribution is -0.119. The van der Waals surface area contributed by atoms with Crippen molar-refractivity contribution in [1.29, 1.82) is 0 Å². The van der Waals surface area contributed by atoms with Crippen LogP contribution in [0.15, 0.2) is 48.5 Å². The molecular formula is C23H26ClN3O2. The maximum Gasteiger partial charge on any atom is 0.324 e. The Morgan fingerprint density at radius 3 is 2.55 bits per heavy atom. The Bertz CT molecular complexity index is 881. The van der Waals surface area contributed by atoms with Gasteiger partial charge in [-0.25, -0.2) is 4.79 Å². The lowest BCUT2D eigenvalue weighted by Gasteiger charge is -2.36. The van der Waals surface area contributed by atoms with Crippen molar-refractivity contribution in [3.8, 4) is 0 Å². The van der Waals surface area contributed by atoms with E-state index in [0.29, 0.717) is 23.8 Å². The zero-order chi connectivity index (χ0) is 20.2. The Morgan fingerprint density at radius 1 is 1.03 bits per heavy atom. The molecule has 4 rings (SSSR count). The maximum atomic E-state index is 13.1. The predicted octanol–water partition coefficient (Wildman–Crippen LogP) is 5.30. The Balaban J connectivity index is 1.49. The molecule has 6 heteroatoms. The van der Waals surface area contributed by atoms with Crippen molar-refractivity contribution in [2.75, 3.05) is 23.3 Å². The second-order valence-electron chi connectivity index (χ2n) is 7.83. The molecule has 1 N–H and O–H groups in total. The standard InChI is InChI=1S/C23H26ClN3O2/c24-20-12-11-19(15-21(20)25-22(28)18-9-4-5-10-18)27-14-6-13-26(23(27)29)16-17-7-2-1-3-8-17/h1-3,7-8,11-12,15,18H,4-6,9-10,13-14,16H2,(H,25,28). The van der Waals surface area contributed by atoms with Gasteiger partial charge < -0.3 is 10.2 Å². The summed E-state index contributed by atoms with van der Waals surface area (Å²) < 4.78 is 0. The summed E-state index contributed by atoms with van der Waals surface area (Å²) in [6, 6.07) is 15.4. The summed E-state index contributed by atoms with van der Waals surface area (Å²) >= 11 is 6.33. The first-order chi connectivity index (χ1) is 14.1. The minimum Gasteiger partial charge on any atom is -0.324 e. The van der Waals surface area contributed by atoms with Crippen LogP contribution in [0.2, 0.25) is 5.02 Å². The second kappa shape index (κ2) is 8.87. The topological polar surface area (TPSA) is 52.7 Å². The number of benzene rings is 2. The molecule has 3 amide bonds. The van der Waals surface area contributed by atoms with E-state index in [2.05, 4.69) is 5.32 Å². The highest BCUT2D eigenvalue weighted by Gasteiger charge is 2.28. The molecular weight excluding hydrogens is 386 g/mol. The summed E-state index contributed by atoms with van der Waals surface area (Å²) in [5.41, 5.74) is 2.45. The summed E-state index contributed by atoms with van der Waals surface area (Å²) in [5.74, 6) is 0.0879. The van der Waals surface area contributed by atoms with Crippen LogP contribution in [-0.2, 0) is 11.3 Å². The molecule has 0 aromatic heterocycles. The van der Waals surface area contributed by atoms with Crippen molar-refractivity contribution in [3.63, 3.8) is 0 Å². The summed E-state index contributed by atoms with van der Waals surface area (Å²) in [7, 11) is 0. The van der Waals surface area contributed by atoms with Gasteiger partial charge >= 0.3 is 6.03 Å². The number of rotatable bonds is 5. The van der Waals surface area contributed by atoms with Gasteiger partial charge in [0.1, 0.15) is 0 Å². The molecule has 0 radical (unpaired) electrons. The first-order valence-corrected chi connectivity index (χ1v) is 10.7. The number of hydrogen-bond acceptors (Lipinski definition) is 2. The Morgan fingerprint density at radius 2 is 1.79 bits per heavy atom. The van der Waals surface area contributed by atoms with Crippen LogP contribution >= 0.6 is 11.6 Å². The van der Waals surface area contributed by atoms with E-state index in [9.17, 15) is 9.59 Å². The third-order valence-corrected chi connectivity index (χ3v) is 6.10. The van der Waals surface area contributed by atoms with Crippen molar-refractivity contribution in [2.24, 2.45) is 5.92 Å². The van der Waals surface area contributed by atoms with Gasteiger partial charge in [-0.2, -0.15) is 0 Å². The Labute approximate surface area is 176 Å². The van der Waals surface area contributed by atoms with Gasteiger partial charge in [0.15, 0.2) is 0 Å². The van der Waals surface area contributed by atoms with Crippen LogP contribution in [0.4, 0.5) is 16.2 Å². The van der Waals surface area contributed by atoms with E-state index in [1.165, 1.54) is 0 Å². The van der Waals surface area contributed by atoms with E-state index in [0.717, 1.165) is 49.9 Å². The van der Waals surface area contributed by atoms with Crippen molar-refractivity contribution in [1.82, 2.24) is 4.90 Å². The highest BCUT2D eigenvalue weighted by atomic mass is 35.5. The third-order valence-electron chi connectivity index (χ3n) is 5.77. The monoisotopic (exact) mass is 411 g/mol. The van der Waals surface area contributed by atoms with E-state index >= 15 is 0 Å². The molecule has 0 unspecified atom stereocenters. The zero-order valence-electron chi connectivity index (χ0n) is 16.4. The first-order valence-electron chi connectivity index (χ1n) is 10.3. The molecule has 1 aliphatic heterocycles. The fraction of sp³-hybridized carbons (Fsp3) is 0.391. The Kier molecular flexibility index (Phi) is 6.05. The number of nitrogens with one attached hydrogen (secondary N) is 1. The predicted molar refractivity (Wildman–Crippen MR) is 116 cm³/mol. The number of urea groups is 1. The lowest BCUT2D eigenvalue weighted by Crippen LogP contribution is -2.49. The van der Waals surface area contributed by atoms with Gasteiger partial charge in [-0.05, 0) is 43.0 Å². The van der Waals surface area contributed by atoms with E-state index in [-0.39, 0.29) is 17.9 Å². The van der Waals surface area contributed by atoms with Crippen LogP contribution in [0.1, 0.15) is 37.7 Å². The van der Waals surface area contributed by atoms with Gasteiger partial charge in [-0.15, -0.1) is 0 Å². The number of amides is 3. The van der Waals surface area contributed by atoms with Gasteiger partial charge in [0.05, 0.1) is 10.7 Å². The molecule has 1 heterocycles. The Hall–Kier alpha value is -2.53. The van der Waals surface area contributed by atoms with Gasteiger partial charge in [0.2, 0.25) is 5.91 Å². The average Bonchev–Trinajstić information content (AvgIpc) is 3.27. The molecule has 0 bridgehead atoms. The molecule has 1 saturated heterocycles. The molecule has 2 aromatic carbocycles. The molecule has 152 valence electrons. The van der Waals surface area contributed by atoms with Crippen LogP contribution in [0.5, 0.6) is 0 Å². The molecule has 1 aliphatic carbocycles. The van der Waals surface area contributed by atoms with Crippen LogP contribution in [0.3, 0.4) is 0 Å². The van der Waals surface area contributed by atoms with Crippen molar-refractivity contribution < 1.29 is 9.59 Å². The minimum atomic E-state index is -0.0181.